The summed E-state index contributed by atoms with van der Waals surface area (Å²) in [5.74, 6) is -0.627. The lowest BCUT2D eigenvalue weighted by Crippen LogP contribution is -2.11. The first kappa shape index (κ1) is 8.88. The molecular weight excluding hydrogens is 131 g/mol. The second-order valence-corrected chi connectivity index (χ2v) is 1.87. The number of aliphatic imine (C=N–C) groups is 1. The van der Waals surface area contributed by atoms with Crippen LogP contribution in [0.4, 0.5) is 4.39 Å². The van der Waals surface area contributed by atoms with Crippen LogP contribution in [-0.4, -0.2) is 5.84 Å². The molecule has 0 amide bonds. The summed E-state index contributed by atoms with van der Waals surface area (Å²) in [4.78, 5) is 3.60. The highest BCUT2D eigenvalue weighted by molar-refractivity contribution is 5.95. The maximum Gasteiger partial charge on any atom is 0.160 e. The zero-order valence-electron chi connectivity index (χ0n) is 6.19. The summed E-state index contributed by atoms with van der Waals surface area (Å²) in [6.45, 7) is 6.65. The van der Waals surface area contributed by atoms with Crippen molar-refractivity contribution in [3.63, 3.8) is 0 Å². The molecule has 0 aliphatic carbocycles. The summed E-state index contributed by atoms with van der Waals surface area (Å²) in [6.07, 6.45) is 1.25. The largest absolute Gasteiger partial charge is 0.381 e. The van der Waals surface area contributed by atoms with Crippen LogP contribution in [0.15, 0.2) is 29.2 Å². The van der Waals surface area contributed by atoms with Gasteiger partial charge in [0.25, 0.3) is 0 Å². The Bertz CT molecular complexity index is 192. The van der Waals surface area contributed by atoms with Gasteiger partial charge in [0, 0.05) is 5.70 Å². The third-order valence-corrected chi connectivity index (χ3v) is 0.809. The molecule has 2 nitrogen and oxygen atoms in total. The van der Waals surface area contributed by atoms with Crippen LogP contribution >= 0.6 is 0 Å². The highest BCUT2D eigenvalue weighted by Gasteiger charge is 1.96. The molecule has 0 unspecified atom stereocenters. The Morgan fingerprint density at radius 2 is 2.20 bits per heavy atom. The van der Waals surface area contributed by atoms with E-state index in [9.17, 15) is 4.39 Å². The van der Waals surface area contributed by atoms with Crippen molar-refractivity contribution >= 4 is 5.84 Å². The first-order valence-corrected chi connectivity index (χ1v) is 2.89. The van der Waals surface area contributed by atoms with Gasteiger partial charge >= 0.3 is 0 Å². The minimum atomic E-state index is -0.511. The summed E-state index contributed by atoms with van der Waals surface area (Å²) < 4.78 is 12.5. The van der Waals surface area contributed by atoms with E-state index >= 15 is 0 Å². The van der Waals surface area contributed by atoms with Gasteiger partial charge in [0.2, 0.25) is 0 Å². The fourth-order valence-electron chi connectivity index (χ4n) is 0.407. The van der Waals surface area contributed by atoms with E-state index in [1.807, 2.05) is 0 Å². The predicted octanol–water partition coefficient (Wildman–Crippen LogP) is 1.75. The molecule has 0 heterocycles. The van der Waals surface area contributed by atoms with Gasteiger partial charge < -0.3 is 5.73 Å². The van der Waals surface area contributed by atoms with Crippen LogP contribution in [0, 0.1) is 0 Å². The quantitative estimate of drug-likeness (QED) is 0.463. The molecule has 3 heteroatoms. The van der Waals surface area contributed by atoms with Gasteiger partial charge in [0.1, 0.15) is 0 Å². The zero-order valence-corrected chi connectivity index (χ0v) is 6.19. The Morgan fingerprint density at radius 3 is 2.50 bits per heavy atom. The number of rotatable bonds is 2. The predicted molar refractivity (Wildman–Crippen MR) is 41.3 cm³/mol. The normalized spacial score (nSPS) is 13.5. The number of hydrogen-bond acceptors (Lipinski definition) is 1. The second-order valence-electron chi connectivity index (χ2n) is 1.87. The molecule has 0 aromatic heterocycles. The van der Waals surface area contributed by atoms with Crippen molar-refractivity contribution in [2.24, 2.45) is 10.7 Å². The average Bonchev–Trinajstić information content (AvgIpc) is 1.85. The molecule has 10 heavy (non-hydrogen) atoms. The minimum Gasteiger partial charge on any atom is -0.381 e. The Morgan fingerprint density at radius 1 is 1.70 bits per heavy atom. The Hall–Kier alpha value is -1.12. The fraction of sp³-hybridized carbons (Fsp3) is 0.286. The van der Waals surface area contributed by atoms with Crippen molar-refractivity contribution in [3.05, 3.63) is 24.2 Å². The standard InChI is InChI=1S/C7H11FN2/c1-4-6(8)7(9)10-5(2)3/h4H,2H2,1,3H3,(H2,9,10)/b6-4+. The second kappa shape index (κ2) is 3.82. The van der Waals surface area contributed by atoms with E-state index < -0.39 is 5.83 Å². The van der Waals surface area contributed by atoms with Gasteiger partial charge in [-0.25, -0.2) is 9.38 Å². The van der Waals surface area contributed by atoms with Crippen LogP contribution in [-0.2, 0) is 0 Å². The molecule has 0 rings (SSSR count). The molecule has 0 fully saturated rings. The third-order valence-electron chi connectivity index (χ3n) is 0.809. The number of amidine groups is 1. The highest BCUT2D eigenvalue weighted by Crippen LogP contribution is 1.98. The smallest absolute Gasteiger partial charge is 0.160 e. The number of hydrogen-bond donors (Lipinski definition) is 1. The van der Waals surface area contributed by atoms with Gasteiger partial charge in [-0.15, -0.1) is 0 Å². The monoisotopic (exact) mass is 142 g/mol. The van der Waals surface area contributed by atoms with Gasteiger partial charge in [-0.3, -0.25) is 0 Å². The van der Waals surface area contributed by atoms with Crippen LogP contribution in [0.25, 0.3) is 0 Å². The summed E-state index contributed by atoms with van der Waals surface area (Å²) >= 11 is 0. The van der Waals surface area contributed by atoms with Gasteiger partial charge in [-0.2, -0.15) is 0 Å². The van der Waals surface area contributed by atoms with Crippen LogP contribution in [0.2, 0.25) is 0 Å². The van der Waals surface area contributed by atoms with E-state index in [0.29, 0.717) is 5.70 Å². The van der Waals surface area contributed by atoms with E-state index in [4.69, 9.17) is 5.73 Å². The van der Waals surface area contributed by atoms with E-state index in [2.05, 4.69) is 11.6 Å². The fourth-order valence-corrected chi connectivity index (χ4v) is 0.407. The maximum atomic E-state index is 12.5. The van der Waals surface area contributed by atoms with Crippen LogP contribution in [0.3, 0.4) is 0 Å². The first-order chi connectivity index (χ1) is 4.57. The molecule has 0 aromatic rings. The van der Waals surface area contributed by atoms with Gasteiger partial charge in [-0.05, 0) is 19.9 Å². The van der Waals surface area contributed by atoms with Crippen molar-refractivity contribution in [1.82, 2.24) is 0 Å². The van der Waals surface area contributed by atoms with E-state index in [0.717, 1.165) is 0 Å². The number of allylic oxidation sites excluding steroid dienone is 2. The highest BCUT2D eigenvalue weighted by atomic mass is 19.1. The number of nitrogens with zero attached hydrogens (tertiary/aromatic N) is 1. The summed E-state index contributed by atoms with van der Waals surface area (Å²) in [6, 6.07) is 0. The van der Waals surface area contributed by atoms with E-state index in [1.54, 1.807) is 13.8 Å². The van der Waals surface area contributed by atoms with Crippen molar-refractivity contribution in [1.29, 1.82) is 0 Å². The first-order valence-electron chi connectivity index (χ1n) is 2.89. The maximum absolute atomic E-state index is 12.5. The summed E-state index contributed by atoms with van der Waals surface area (Å²) in [7, 11) is 0. The molecule has 0 saturated carbocycles. The zero-order chi connectivity index (χ0) is 8.15. The Labute approximate surface area is 60.0 Å². The number of halogens is 1. The summed E-state index contributed by atoms with van der Waals surface area (Å²) in [5, 5.41) is 0. The van der Waals surface area contributed by atoms with Crippen LogP contribution in [0.1, 0.15) is 13.8 Å². The van der Waals surface area contributed by atoms with Crippen LogP contribution < -0.4 is 5.73 Å². The molecule has 0 aliphatic heterocycles. The molecule has 2 N–H and O–H groups in total. The summed E-state index contributed by atoms with van der Waals surface area (Å²) in [5.41, 5.74) is 5.67. The lowest BCUT2D eigenvalue weighted by Gasteiger charge is -1.94. The lowest BCUT2D eigenvalue weighted by molar-refractivity contribution is 0.676. The molecule has 56 valence electrons. The molecule has 0 aliphatic rings. The van der Waals surface area contributed by atoms with Crippen molar-refractivity contribution in [2.75, 3.05) is 0 Å². The van der Waals surface area contributed by atoms with E-state index in [-0.39, 0.29) is 5.84 Å². The molecule has 0 aromatic carbocycles. The van der Waals surface area contributed by atoms with Crippen LogP contribution in [0.5, 0.6) is 0 Å². The van der Waals surface area contributed by atoms with Crippen molar-refractivity contribution in [2.45, 2.75) is 13.8 Å². The van der Waals surface area contributed by atoms with Crippen molar-refractivity contribution in [3.8, 4) is 0 Å². The van der Waals surface area contributed by atoms with Gasteiger partial charge in [-0.1, -0.05) is 6.58 Å². The van der Waals surface area contributed by atoms with Gasteiger partial charge in [0.05, 0.1) is 0 Å². The molecule has 0 radical (unpaired) electrons. The SMILES string of the molecule is C=C(C)/N=C(N)\C(F)=C/C. The molecule has 0 atom stereocenters. The van der Waals surface area contributed by atoms with Gasteiger partial charge in [0.15, 0.2) is 11.7 Å². The molecular formula is C7H11FN2. The Kier molecular flexibility index (Phi) is 3.39. The molecule has 0 saturated heterocycles. The third kappa shape index (κ3) is 3.02. The van der Waals surface area contributed by atoms with Crippen molar-refractivity contribution < 1.29 is 4.39 Å². The number of nitrogens with two attached hydrogens (primary N) is 1. The molecule has 0 spiro atoms. The van der Waals surface area contributed by atoms with E-state index in [1.165, 1.54) is 6.08 Å². The molecule has 0 bridgehead atoms. The lowest BCUT2D eigenvalue weighted by atomic mass is 10.4. The topological polar surface area (TPSA) is 38.4 Å². The Balaban J connectivity index is 4.35. The minimum absolute atomic E-state index is 0.116. The average molecular weight is 142 g/mol.